The first-order valence-corrected chi connectivity index (χ1v) is 8.25. The van der Waals surface area contributed by atoms with Gasteiger partial charge in [-0.15, -0.1) is 0 Å². The molecular formula is C19H18N2OS. The number of thiazole rings is 1. The molecule has 1 heterocycles. The van der Waals surface area contributed by atoms with E-state index in [0.717, 1.165) is 15.9 Å². The fourth-order valence-corrected chi connectivity index (χ4v) is 3.70. The van der Waals surface area contributed by atoms with E-state index in [1.165, 1.54) is 21.9 Å². The molecule has 0 unspecified atom stereocenters. The summed E-state index contributed by atoms with van der Waals surface area (Å²) in [5.41, 5.74) is 4.54. The molecule has 0 aliphatic heterocycles. The van der Waals surface area contributed by atoms with Crippen molar-refractivity contribution in [3.63, 3.8) is 0 Å². The zero-order chi connectivity index (χ0) is 16.4. The number of carbonyl (C=O) groups is 1. The molecule has 0 spiro atoms. The van der Waals surface area contributed by atoms with E-state index in [-0.39, 0.29) is 5.91 Å². The van der Waals surface area contributed by atoms with E-state index < -0.39 is 0 Å². The molecule has 4 heteroatoms. The van der Waals surface area contributed by atoms with Gasteiger partial charge in [0.1, 0.15) is 0 Å². The van der Waals surface area contributed by atoms with Crippen LogP contribution in [0.4, 0.5) is 0 Å². The second-order valence-corrected chi connectivity index (χ2v) is 6.49. The van der Waals surface area contributed by atoms with Crippen molar-refractivity contribution < 1.29 is 4.79 Å². The smallest absolute Gasteiger partial charge is 0.272 e. The minimum atomic E-state index is -0.244. The zero-order valence-electron chi connectivity index (χ0n) is 13.4. The molecule has 3 aromatic rings. The van der Waals surface area contributed by atoms with Gasteiger partial charge in [0.15, 0.2) is 4.80 Å². The van der Waals surface area contributed by atoms with Gasteiger partial charge in [-0.2, -0.15) is 4.99 Å². The maximum Gasteiger partial charge on any atom is 0.272 e. The van der Waals surface area contributed by atoms with Gasteiger partial charge >= 0.3 is 0 Å². The Balaban J connectivity index is 2.00. The molecule has 0 saturated heterocycles. The predicted octanol–water partition coefficient (Wildman–Crippen LogP) is 4.00. The molecule has 2 aromatic carbocycles. The molecule has 23 heavy (non-hydrogen) atoms. The third kappa shape index (κ3) is 3.17. The topological polar surface area (TPSA) is 34.4 Å². The van der Waals surface area contributed by atoms with Gasteiger partial charge in [-0.1, -0.05) is 53.8 Å². The fraction of sp³-hybridized carbons (Fsp3) is 0.158. The lowest BCUT2D eigenvalue weighted by Gasteiger charge is -2.01. The van der Waals surface area contributed by atoms with E-state index in [9.17, 15) is 4.79 Å². The highest BCUT2D eigenvalue weighted by Crippen LogP contribution is 2.23. The Morgan fingerprint density at radius 1 is 1.09 bits per heavy atom. The first-order chi connectivity index (χ1) is 11.1. The molecule has 116 valence electrons. The molecule has 3 nitrogen and oxygen atoms in total. The maximum atomic E-state index is 12.1. The lowest BCUT2D eigenvalue weighted by atomic mass is 10.1. The van der Waals surface area contributed by atoms with Crippen molar-refractivity contribution in [2.24, 2.45) is 12.0 Å². The molecule has 0 radical (unpaired) electrons. The Kier molecular flexibility index (Phi) is 4.26. The van der Waals surface area contributed by atoms with Crippen molar-refractivity contribution in [1.82, 2.24) is 4.57 Å². The molecule has 0 N–H and O–H groups in total. The van der Waals surface area contributed by atoms with Gasteiger partial charge in [-0.05, 0) is 36.6 Å². The van der Waals surface area contributed by atoms with Crippen LogP contribution in [0, 0.1) is 13.8 Å². The zero-order valence-corrected chi connectivity index (χ0v) is 14.2. The predicted molar refractivity (Wildman–Crippen MR) is 96.3 cm³/mol. The lowest BCUT2D eigenvalue weighted by molar-refractivity contribution is -0.113. The number of aromatic nitrogens is 1. The standard InChI is InChI=1S/C19H18N2OS/c1-13-9-10-14(2)18-17(13)21(3)19(23-18)20-16(22)12-11-15-7-5-4-6-8-15/h4-12H,1-3H3/b12-11+,20-19?. The SMILES string of the molecule is Cc1ccc(C)c2c1sc(=NC(=O)/C=C/c1ccccc1)n2C. The van der Waals surface area contributed by atoms with Gasteiger partial charge < -0.3 is 4.57 Å². The van der Waals surface area contributed by atoms with Crippen LogP contribution in [0.2, 0.25) is 0 Å². The number of fused-ring (bicyclic) bond motifs is 1. The van der Waals surface area contributed by atoms with E-state index in [1.54, 1.807) is 17.4 Å². The van der Waals surface area contributed by atoms with Crippen molar-refractivity contribution in [3.05, 3.63) is 70.0 Å². The van der Waals surface area contributed by atoms with E-state index >= 15 is 0 Å². The third-order valence-corrected chi connectivity index (χ3v) is 5.04. The molecule has 1 aromatic heterocycles. The first-order valence-electron chi connectivity index (χ1n) is 7.44. The first kappa shape index (κ1) is 15.4. The van der Waals surface area contributed by atoms with Crippen LogP contribution in [0.3, 0.4) is 0 Å². The van der Waals surface area contributed by atoms with Crippen LogP contribution in [0.1, 0.15) is 16.7 Å². The highest BCUT2D eigenvalue weighted by molar-refractivity contribution is 7.16. The van der Waals surface area contributed by atoms with Crippen LogP contribution in [-0.4, -0.2) is 10.5 Å². The van der Waals surface area contributed by atoms with Crippen LogP contribution in [0.15, 0.2) is 53.5 Å². The summed E-state index contributed by atoms with van der Waals surface area (Å²) in [6, 6.07) is 14.0. The Hall–Kier alpha value is -2.46. The maximum absolute atomic E-state index is 12.1. The summed E-state index contributed by atoms with van der Waals surface area (Å²) >= 11 is 1.56. The number of carbonyl (C=O) groups excluding carboxylic acids is 1. The molecule has 0 bridgehead atoms. The average molecular weight is 322 g/mol. The van der Waals surface area contributed by atoms with Crippen molar-refractivity contribution in [2.75, 3.05) is 0 Å². The summed E-state index contributed by atoms with van der Waals surface area (Å²) in [4.78, 5) is 17.1. The Morgan fingerprint density at radius 3 is 2.48 bits per heavy atom. The molecule has 0 aliphatic rings. The molecule has 0 aliphatic carbocycles. The highest BCUT2D eigenvalue weighted by atomic mass is 32.1. The van der Waals surface area contributed by atoms with Gasteiger partial charge in [-0.25, -0.2) is 0 Å². The highest BCUT2D eigenvalue weighted by Gasteiger charge is 2.08. The summed E-state index contributed by atoms with van der Waals surface area (Å²) in [5.74, 6) is -0.244. The van der Waals surface area contributed by atoms with E-state index in [4.69, 9.17) is 0 Å². The fourth-order valence-electron chi connectivity index (χ4n) is 2.53. The number of hydrogen-bond acceptors (Lipinski definition) is 2. The molecule has 0 fully saturated rings. The summed E-state index contributed by atoms with van der Waals surface area (Å²) < 4.78 is 3.18. The van der Waals surface area contributed by atoms with Crippen molar-refractivity contribution >= 4 is 33.5 Å². The Bertz CT molecular complexity index is 962. The summed E-state index contributed by atoms with van der Waals surface area (Å²) in [7, 11) is 1.96. The van der Waals surface area contributed by atoms with Gasteiger partial charge in [0.05, 0.1) is 10.2 Å². The lowest BCUT2D eigenvalue weighted by Crippen LogP contribution is -2.12. The van der Waals surface area contributed by atoms with Crippen LogP contribution < -0.4 is 4.80 Å². The second kappa shape index (κ2) is 6.34. The van der Waals surface area contributed by atoms with Gasteiger partial charge in [0.2, 0.25) is 0 Å². The number of aryl methyl sites for hydroxylation is 3. The molecular weight excluding hydrogens is 304 g/mol. The van der Waals surface area contributed by atoms with Crippen molar-refractivity contribution in [1.29, 1.82) is 0 Å². The normalized spacial score (nSPS) is 12.4. The minimum Gasteiger partial charge on any atom is -0.319 e. The van der Waals surface area contributed by atoms with Crippen molar-refractivity contribution in [2.45, 2.75) is 13.8 Å². The van der Waals surface area contributed by atoms with Crippen LogP contribution in [0.5, 0.6) is 0 Å². The van der Waals surface area contributed by atoms with Crippen molar-refractivity contribution in [3.8, 4) is 0 Å². The Morgan fingerprint density at radius 2 is 1.78 bits per heavy atom. The number of rotatable bonds is 2. The third-order valence-electron chi connectivity index (χ3n) is 3.77. The number of nitrogens with zero attached hydrogens (tertiary/aromatic N) is 2. The summed E-state index contributed by atoms with van der Waals surface area (Å²) in [5, 5.41) is 0. The molecule has 0 saturated carbocycles. The Labute approximate surface area is 139 Å². The number of hydrogen-bond donors (Lipinski definition) is 0. The summed E-state index contributed by atoms with van der Waals surface area (Å²) in [6.45, 7) is 4.16. The molecule has 1 amide bonds. The monoisotopic (exact) mass is 322 g/mol. The second-order valence-electron chi connectivity index (χ2n) is 5.51. The molecule has 3 rings (SSSR count). The van der Waals surface area contributed by atoms with Crippen LogP contribution in [0.25, 0.3) is 16.3 Å². The summed E-state index contributed by atoms with van der Waals surface area (Å²) in [6.07, 6.45) is 3.30. The van der Waals surface area contributed by atoms with Gasteiger partial charge in [0, 0.05) is 13.1 Å². The van der Waals surface area contributed by atoms with Crippen LogP contribution >= 0.6 is 11.3 Å². The van der Waals surface area contributed by atoms with E-state index in [0.29, 0.717) is 0 Å². The largest absolute Gasteiger partial charge is 0.319 e. The van der Waals surface area contributed by atoms with E-state index in [1.807, 2.05) is 41.9 Å². The molecule has 0 atom stereocenters. The van der Waals surface area contributed by atoms with Gasteiger partial charge in [-0.3, -0.25) is 4.79 Å². The number of benzene rings is 2. The van der Waals surface area contributed by atoms with Gasteiger partial charge in [0.25, 0.3) is 5.91 Å². The number of amides is 1. The van der Waals surface area contributed by atoms with E-state index in [2.05, 4.69) is 31.0 Å². The quantitative estimate of drug-likeness (QED) is 0.657. The van der Waals surface area contributed by atoms with Crippen LogP contribution in [-0.2, 0) is 11.8 Å². The minimum absolute atomic E-state index is 0.244. The average Bonchev–Trinajstić information content (AvgIpc) is 2.88.